The summed E-state index contributed by atoms with van der Waals surface area (Å²) in [5.74, 6) is 0.555. The lowest BCUT2D eigenvalue weighted by Gasteiger charge is -2.35. The summed E-state index contributed by atoms with van der Waals surface area (Å²) in [7, 11) is -3.46. The molecule has 1 fully saturated rings. The van der Waals surface area contributed by atoms with Gasteiger partial charge in [0.2, 0.25) is 10.0 Å². The Morgan fingerprint density at radius 2 is 2.03 bits per heavy atom. The lowest BCUT2D eigenvalue weighted by atomic mass is 10.0. The molecule has 3 aromatic rings. The smallest absolute Gasteiger partial charge is 0.213 e. The van der Waals surface area contributed by atoms with Crippen molar-refractivity contribution < 1.29 is 18.3 Å². The van der Waals surface area contributed by atoms with Crippen LogP contribution in [0.4, 0.5) is 0 Å². The normalized spacial score (nSPS) is 18.0. The summed E-state index contributed by atoms with van der Waals surface area (Å²) >= 11 is 1.44. The number of hydrogen-bond acceptors (Lipinski definition) is 9. The highest BCUT2D eigenvalue weighted by atomic mass is 32.2. The quantitative estimate of drug-likeness (QED) is 0.425. The molecule has 0 bridgehead atoms. The van der Waals surface area contributed by atoms with Crippen LogP contribution < -0.4 is 9.46 Å². The molecule has 37 heavy (non-hydrogen) atoms. The Hall–Kier alpha value is -2.88. The summed E-state index contributed by atoms with van der Waals surface area (Å²) in [5.41, 5.74) is 4.26. The Kier molecular flexibility index (Phi) is 7.29. The molecule has 5 rings (SSSR count). The lowest BCUT2D eigenvalue weighted by Crippen LogP contribution is -2.52. The van der Waals surface area contributed by atoms with Crippen molar-refractivity contribution in [2.24, 2.45) is 0 Å². The van der Waals surface area contributed by atoms with Crippen molar-refractivity contribution in [2.45, 2.75) is 44.9 Å². The number of likely N-dealkylation sites (tertiary alicyclic amines) is 1. The van der Waals surface area contributed by atoms with Crippen LogP contribution >= 0.6 is 11.3 Å². The molecule has 2 aromatic carbocycles. The Labute approximate surface area is 220 Å². The van der Waals surface area contributed by atoms with Crippen molar-refractivity contribution in [2.75, 3.05) is 25.4 Å². The fraction of sp³-hybridized carbons (Fsp3) is 0.423. The Morgan fingerprint density at radius 3 is 2.76 bits per heavy atom. The standard InChI is InChI=1S/C26H29N5O4S2/c1-16(2)35-24-9-6-17(12-18(24)13-27)25-28-29-26(36-25)22-5-3-4-21-20(22)7-8-23(21)30-37(33,34)11-10-31-14-19(32)15-31/h3-6,9,12,16,19,23,30,32H,7-8,10-11,14-15H2,1-2H3/t23-/m1/s1. The van der Waals surface area contributed by atoms with Gasteiger partial charge in [-0.05, 0) is 56.0 Å². The van der Waals surface area contributed by atoms with Gasteiger partial charge in [0.1, 0.15) is 21.8 Å². The molecule has 1 atom stereocenters. The van der Waals surface area contributed by atoms with Gasteiger partial charge in [0.25, 0.3) is 0 Å². The van der Waals surface area contributed by atoms with Gasteiger partial charge in [-0.15, -0.1) is 10.2 Å². The second kappa shape index (κ2) is 10.5. The van der Waals surface area contributed by atoms with E-state index < -0.39 is 10.0 Å². The number of nitriles is 1. The van der Waals surface area contributed by atoms with Crippen molar-refractivity contribution in [3.8, 4) is 33.0 Å². The van der Waals surface area contributed by atoms with Crippen molar-refractivity contribution in [3.63, 3.8) is 0 Å². The molecule has 1 aliphatic heterocycles. The Bertz CT molecular complexity index is 1440. The van der Waals surface area contributed by atoms with E-state index in [1.165, 1.54) is 11.3 Å². The number of ether oxygens (including phenoxy) is 1. The summed E-state index contributed by atoms with van der Waals surface area (Å²) in [6.45, 7) is 5.31. The SMILES string of the molecule is CC(C)Oc1ccc(-c2nnc(-c3cccc4c3CC[C@H]4NS(=O)(=O)CCN3CC(O)C3)s2)cc1C#N. The predicted octanol–water partition coefficient (Wildman–Crippen LogP) is 3.11. The predicted molar refractivity (Wildman–Crippen MR) is 142 cm³/mol. The zero-order valence-corrected chi connectivity index (χ0v) is 22.3. The van der Waals surface area contributed by atoms with Crippen LogP contribution in [0.3, 0.4) is 0 Å². The number of nitrogens with zero attached hydrogens (tertiary/aromatic N) is 4. The molecule has 194 valence electrons. The first kappa shape index (κ1) is 25.8. The highest BCUT2D eigenvalue weighted by molar-refractivity contribution is 7.89. The van der Waals surface area contributed by atoms with Crippen LogP contribution in [-0.4, -0.2) is 66.2 Å². The van der Waals surface area contributed by atoms with Crippen LogP contribution in [0.1, 0.15) is 43.0 Å². The number of β-amino-alcohol motifs (C(OH)–C–C–N with tert-alkyl or cyclic N) is 1. The first-order chi connectivity index (χ1) is 17.7. The molecule has 9 nitrogen and oxygen atoms in total. The van der Waals surface area contributed by atoms with Crippen LogP contribution in [0.2, 0.25) is 0 Å². The van der Waals surface area contributed by atoms with E-state index in [9.17, 15) is 18.8 Å². The summed E-state index contributed by atoms with van der Waals surface area (Å²) in [4.78, 5) is 1.93. The Balaban J connectivity index is 1.33. The van der Waals surface area contributed by atoms with Crippen LogP contribution in [0.15, 0.2) is 36.4 Å². The van der Waals surface area contributed by atoms with Gasteiger partial charge in [0.15, 0.2) is 0 Å². The minimum atomic E-state index is -3.46. The maximum Gasteiger partial charge on any atom is 0.213 e. The summed E-state index contributed by atoms with van der Waals surface area (Å²) in [5, 5.41) is 29.2. The highest BCUT2D eigenvalue weighted by Gasteiger charge is 2.31. The highest BCUT2D eigenvalue weighted by Crippen LogP contribution is 2.40. The van der Waals surface area contributed by atoms with Gasteiger partial charge in [0.05, 0.1) is 23.5 Å². The minimum absolute atomic E-state index is 0.0106. The van der Waals surface area contributed by atoms with Gasteiger partial charge in [-0.25, -0.2) is 13.1 Å². The number of sulfonamides is 1. The summed E-state index contributed by atoms with van der Waals surface area (Å²) in [6, 6.07) is 13.2. The molecule has 2 N–H and O–H groups in total. The zero-order chi connectivity index (χ0) is 26.2. The fourth-order valence-corrected chi connectivity index (χ4v) is 6.97. The minimum Gasteiger partial charge on any atom is -0.490 e. The number of aliphatic hydroxyl groups excluding tert-OH is 1. The number of benzene rings is 2. The van der Waals surface area contributed by atoms with E-state index in [0.717, 1.165) is 33.7 Å². The second-order valence-corrected chi connectivity index (χ2v) is 12.6. The van der Waals surface area contributed by atoms with Crippen molar-refractivity contribution in [3.05, 3.63) is 53.1 Å². The molecule has 0 amide bonds. The molecule has 1 saturated heterocycles. The third-order valence-electron chi connectivity index (χ3n) is 6.57. The monoisotopic (exact) mass is 539 g/mol. The summed E-state index contributed by atoms with van der Waals surface area (Å²) in [6.07, 6.45) is 1.05. The average Bonchev–Trinajstić information content (AvgIpc) is 3.49. The van der Waals surface area contributed by atoms with Gasteiger partial charge in [-0.1, -0.05) is 29.5 Å². The lowest BCUT2D eigenvalue weighted by molar-refractivity contribution is 0.00619. The van der Waals surface area contributed by atoms with Gasteiger partial charge in [-0.3, -0.25) is 4.90 Å². The zero-order valence-electron chi connectivity index (χ0n) is 20.7. The molecule has 0 saturated carbocycles. The van der Waals surface area contributed by atoms with E-state index in [2.05, 4.69) is 21.0 Å². The van der Waals surface area contributed by atoms with Crippen LogP contribution in [0.5, 0.6) is 5.75 Å². The number of aromatic nitrogens is 2. The van der Waals surface area contributed by atoms with E-state index in [0.29, 0.717) is 42.4 Å². The van der Waals surface area contributed by atoms with Gasteiger partial charge >= 0.3 is 0 Å². The average molecular weight is 540 g/mol. The number of aliphatic hydroxyl groups is 1. The van der Waals surface area contributed by atoms with Gasteiger partial charge < -0.3 is 9.84 Å². The van der Waals surface area contributed by atoms with Crippen LogP contribution in [-0.2, 0) is 16.4 Å². The molecule has 2 heterocycles. The largest absolute Gasteiger partial charge is 0.490 e. The van der Waals surface area contributed by atoms with Gasteiger partial charge in [-0.2, -0.15) is 5.26 Å². The third kappa shape index (κ3) is 5.68. The molecule has 1 aliphatic carbocycles. The van der Waals surface area contributed by atoms with E-state index in [-0.39, 0.29) is 24.0 Å². The molecule has 0 spiro atoms. The van der Waals surface area contributed by atoms with Crippen LogP contribution in [0, 0.1) is 11.3 Å². The Morgan fingerprint density at radius 1 is 1.24 bits per heavy atom. The molecular formula is C26H29N5O4S2. The topological polar surface area (TPSA) is 128 Å². The molecule has 2 aliphatic rings. The van der Waals surface area contributed by atoms with E-state index in [4.69, 9.17) is 4.74 Å². The van der Waals surface area contributed by atoms with E-state index in [1.54, 1.807) is 12.1 Å². The van der Waals surface area contributed by atoms with Gasteiger partial charge in [0, 0.05) is 36.8 Å². The van der Waals surface area contributed by atoms with Crippen molar-refractivity contribution in [1.29, 1.82) is 5.26 Å². The first-order valence-electron chi connectivity index (χ1n) is 12.3. The molecular weight excluding hydrogens is 510 g/mol. The third-order valence-corrected chi connectivity index (χ3v) is 8.94. The number of rotatable bonds is 9. The maximum atomic E-state index is 12.7. The fourth-order valence-electron chi connectivity index (χ4n) is 4.78. The second-order valence-electron chi connectivity index (χ2n) is 9.72. The maximum absolute atomic E-state index is 12.7. The molecule has 0 unspecified atom stereocenters. The van der Waals surface area contributed by atoms with Crippen molar-refractivity contribution >= 4 is 21.4 Å². The summed E-state index contributed by atoms with van der Waals surface area (Å²) < 4.78 is 34.0. The van der Waals surface area contributed by atoms with E-state index in [1.807, 2.05) is 43.0 Å². The molecule has 1 aromatic heterocycles. The number of hydrogen-bond donors (Lipinski definition) is 2. The van der Waals surface area contributed by atoms with E-state index >= 15 is 0 Å². The molecule has 11 heteroatoms. The number of fused-ring (bicyclic) bond motifs is 1. The molecule has 0 radical (unpaired) electrons. The van der Waals surface area contributed by atoms with Crippen molar-refractivity contribution in [1.82, 2.24) is 19.8 Å². The van der Waals surface area contributed by atoms with Crippen LogP contribution in [0.25, 0.3) is 21.1 Å². The first-order valence-corrected chi connectivity index (χ1v) is 14.8. The number of nitrogens with one attached hydrogen (secondary N) is 1.